The Balaban J connectivity index is 2.27. The van der Waals surface area contributed by atoms with Crippen LogP contribution < -0.4 is 5.43 Å². The molecular formula is C15H14N2OS. The molecule has 0 saturated carbocycles. The van der Waals surface area contributed by atoms with E-state index in [0.717, 1.165) is 27.6 Å². The van der Waals surface area contributed by atoms with Crippen LogP contribution in [0.3, 0.4) is 0 Å². The van der Waals surface area contributed by atoms with Crippen LogP contribution in [0.15, 0.2) is 35.1 Å². The molecule has 3 aromatic rings. The first-order chi connectivity index (χ1) is 9.04. The van der Waals surface area contributed by atoms with Crippen LogP contribution in [-0.2, 0) is 0 Å². The molecule has 0 amide bonds. The number of aryl methyl sites for hydroxylation is 3. The Bertz CT molecular complexity index is 804. The summed E-state index contributed by atoms with van der Waals surface area (Å²) in [5.74, 6) is 0. The van der Waals surface area contributed by atoms with Gasteiger partial charge in [-0.25, -0.2) is 4.98 Å². The van der Waals surface area contributed by atoms with E-state index >= 15 is 0 Å². The van der Waals surface area contributed by atoms with Gasteiger partial charge in [0.1, 0.15) is 0 Å². The zero-order chi connectivity index (χ0) is 13.6. The van der Waals surface area contributed by atoms with Gasteiger partial charge in [0.25, 0.3) is 0 Å². The van der Waals surface area contributed by atoms with Crippen molar-refractivity contribution >= 4 is 21.6 Å². The molecule has 0 aliphatic heterocycles. The Labute approximate surface area is 115 Å². The van der Waals surface area contributed by atoms with Gasteiger partial charge in [0.2, 0.25) is 0 Å². The van der Waals surface area contributed by atoms with Gasteiger partial charge in [0.05, 0.1) is 15.2 Å². The van der Waals surface area contributed by atoms with Gasteiger partial charge in [-0.1, -0.05) is 0 Å². The average molecular weight is 270 g/mol. The van der Waals surface area contributed by atoms with Crippen molar-refractivity contribution in [2.75, 3.05) is 0 Å². The summed E-state index contributed by atoms with van der Waals surface area (Å²) >= 11 is 1.69. The summed E-state index contributed by atoms with van der Waals surface area (Å²) in [5, 5.41) is 1.07. The molecule has 2 heterocycles. The molecule has 96 valence electrons. The van der Waals surface area contributed by atoms with Crippen LogP contribution in [0, 0.1) is 20.8 Å². The van der Waals surface area contributed by atoms with Crippen molar-refractivity contribution in [1.82, 2.24) is 9.55 Å². The molecule has 0 aliphatic carbocycles. The molecule has 0 spiro atoms. The first kappa shape index (κ1) is 12.1. The van der Waals surface area contributed by atoms with Gasteiger partial charge in [0.15, 0.2) is 5.43 Å². The number of hydrogen-bond acceptors (Lipinski definition) is 3. The molecule has 4 heteroatoms. The van der Waals surface area contributed by atoms with Crippen LogP contribution in [0.25, 0.3) is 15.9 Å². The lowest BCUT2D eigenvalue weighted by Crippen LogP contribution is -2.11. The third kappa shape index (κ3) is 2.08. The highest BCUT2D eigenvalue weighted by Gasteiger charge is 2.07. The first-order valence-corrected chi connectivity index (χ1v) is 6.94. The minimum Gasteiger partial charge on any atom is -0.318 e. The Hall–Kier alpha value is -1.94. The van der Waals surface area contributed by atoms with E-state index in [1.807, 2.05) is 32.9 Å². The number of aromatic nitrogens is 2. The Morgan fingerprint density at radius 2 is 1.74 bits per heavy atom. The van der Waals surface area contributed by atoms with Gasteiger partial charge in [-0.15, -0.1) is 11.3 Å². The highest BCUT2D eigenvalue weighted by Crippen LogP contribution is 2.25. The van der Waals surface area contributed by atoms with E-state index in [9.17, 15) is 4.79 Å². The third-order valence-corrected chi connectivity index (χ3v) is 4.08. The summed E-state index contributed by atoms with van der Waals surface area (Å²) in [5.41, 5.74) is 4.06. The van der Waals surface area contributed by atoms with Crippen LogP contribution in [0.2, 0.25) is 0 Å². The number of benzene rings is 1. The summed E-state index contributed by atoms with van der Waals surface area (Å²) in [4.78, 5) is 16.0. The van der Waals surface area contributed by atoms with Crippen molar-refractivity contribution in [3.8, 4) is 5.69 Å². The molecule has 0 fully saturated rings. The molecular weight excluding hydrogens is 256 g/mol. The Morgan fingerprint density at radius 3 is 2.42 bits per heavy atom. The molecule has 19 heavy (non-hydrogen) atoms. The predicted octanol–water partition coefficient (Wildman–Crippen LogP) is 3.37. The number of fused-ring (bicyclic) bond motifs is 1. The van der Waals surface area contributed by atoms with Gasteiger partial charge in [-0.3, -0.25) is 4.79 Å². The number of hydrogen-bond donors (Lipinski definition) is 0. The van der Waals surface area contributed by atoms with Crippen LogP contribution in [0.4, 0.5) is 0 Å². The van der Waals surface area contributed by atoms with E-state index in [1.165, 1.54) is 4.70 Å². The van der Waals surface area contributed by atoms with Crippen LogP contribution >= 0.6 is 11.3 Å². The van der Waals surface area contributed by atoms with E-state index in [2.05, 4.69) is 15.6 Å². The molecule has 1 aromatic carbocycles. The Kier molecular flexibility index (Phi) is 2.75. The number of thiazole rings is 1. The fourth-order valence-electron chi connectivity index (χ4n) is 2.44. The minimum absolute atomic E-state index is 0.0564. The molecule has 2 aromatic heterocycles. The minimum atomic E-state index is 0.0564. The third-order valence-electron chi connectivity index (χ3n) is 3.14. The molecule has 0 aliphatic rings. The van der Waals surface area contributed by atoms with Gasteiger partial charge in [-0.2, -0.15) is 0 Å². The maximum absolute atomic E-state index is 11.5. The SMILES string of the molecule is Cc1nc2ccc(-n3c(C)cc(=O)cc3C)cc2s1. The van der Waals surface area contributed by atoms with Crippen molar-refractivity contribution in [2.24, 2.45) is 0 Å². The molecule has 0 bridgehead atoms. The lowest BCUT2D eigenvalue weighted by Gasteiger charge is -2.14. The van der Waals surface area contributed by atoms with Crippen molar-refractivity contribution in [1.29, 1.82) is 0 Å². The average Bonchev–Trinajstić information content (AvgIpc) is 2.67. The monoisotopic (exact) mass is 270 g/mol. The summed E-state index contributed by atoms with van der Waals surface area (Å²) in [6.07, 6.45) is 0. The zero-order valence-corrected chi connectivity index (χ0v) is 11.9. The lowest BCUT2D eigenvalue weighted by molar-refractivity contribution is 0.924. The predicted molar refractivity (Wildman–Crippen MR) is 79.4 cm³/mol. The highest BCUT2D eigenvalue weighted by molar-refractivity contribution is 7.18. The summed E-state index contributed by atoms with van der Waals surface area (Å²) in [6, 6.07) is 9.53. The summed E-state index contributed by atoms with van der Waals surface area (Å²) in [7, 11) is 0. The van der Waals surface area contributed by atoms with Crippen molar-refractivity contribution in [2.45, 2.75) is 20.8 Å². The molecule has 0 unspecified atom stereocenters. The fourth-order valence-corrected chi connectivity index (χ4v) is 3.30. The summed E-state index contributed by atoms with van der Waals surface area (Å²) < 4.78 is 3.27. The van der Waals surface area contributed by atoms with E-state index in [1.54, 1.807) is 23.5 Å². The smallest absolute Gasteiger partial charge is 0.182 e. The summed E-state index contributed by atoms with van der Waals surface area (Å²) in [6.45, 7) is 5.92. The molecule has 0 radical (unpaired) electrons. The van der Waals surface area contributed by atoms with E-state index < -0.39 is 0 Å². The first-order valence-electron chi connectivity index (χ1n) is 6.12. The van der Waals surface area contributed by atoms with Crippen molar-refractivity contribution in [3.63, 3.8) is 0 Å². The zero-order valence-electron chi connectivity index (χ0n) is 11.1. The van der Waals surface area contributed by atoms with Crippen LogP contribution in [0.1, 0.15) is 16.4 Å². The largest absolute Gasteiger partial charge is 0.318 e. The molecule has 3 rings (SSSR count). The van der Waals surface area contributed by atoms with Crippen LogP contribution in [0.5, 0.6) is 0 Å². The second-order valence-corrected chi connectivity index (χ2v) is 5.93. The number of rotatable bonds is 1. The van der Waals surface area contributed by atoms with E-state index in [0.29, 0.717) is 0 Å². The second kappa shape index (κ2) is 4.31. The van der Waals surface area contributed by atoms with E-state index in [4.69, 9.17) is 0 Å². The lowest BCUT2D eigenvalue weighted by atomic mass is 10.2. The topological polar surface area (TPSA) is 34.9 Å². The normalized spacial score (nSPS) is 11.1. The van der Waals surface area contributed by atoms with Gasteiger partial charge < -0.3 is 4.57 Å². The standard InChI is InChI=1S/C15H14N2OS/c1-9-6-13(18)7-10(2)17(9)12-4-5-14-15(8-12)19-11(3)16-14/h4-8H,1-3H3. The van der Waals surface area contributed by atoms with Crippen molar-refractivity contribution in [3.05, 3.63) is 57.0 Å². The van der Waals surface area contributed by atoms with Gasteiger partial charge in [0, 0.05) is 29.2 Å². The fraction of sp³-hybridized carbons (Fsp3) is 0.200. The van der Waals surface area contributed by atoms with E-state index in [-0.39, 0.29) is 5.43 Å². The van der Waals surface area contributed by atoms with Crippen molar-refractivity contribution < 1.29 is 0 Å². The molecule has 0 atom stereocenters. The maximum atomic E-state index is 11.5. The Morgan fingerprint density at radius 1 is 1.05 bits per heavy atom. The van der Waals surface area contributed by atoms with Gasteiger partial charge in [-0.05, 0) is 39.0 Å². The number of nitrogens with zero attached hydrogens (tertiary/aromatic N) is 2. The maximum Gasteiger partial charge on any atom is 0.182 e. The van der Waals surface area contributed by atoms with Crippen LogP contribution in [-0.4, -0.2) is 9.55 Å². The quantitative estimate of drug-likeness (QED) is 0.679. The molecule has 3 nitrogen and oxygen atoms in total. The highest BCUT2D eigenvalue weighted by atomic mass is 32.1. The number of pyridine rings is 1. The van der Waals surface area contributed by atoms with Gasteiger partial charge >= 0.3 is 0 Å². The second-order valence-electron chi connectivity index (χ2n) is 4.69. The molecule has 0 N–H and O–H groups in total. The molecule has 0 saturated heterocycles.